The minimum Gasteiger partial charge on any atom is -0.480 e. The lowest BCUT2D eigenvalue weighted by molar-refractivity contribution is -0.157. The normalized spacial score (nSPS) is 20.1. The summed E-state index contributed by atoms with van der Waals surface area (Å²) in [5.74, 6) is -1.26. The van der Waals surface area contributed by atoms with Crippen molar-refractivity contribution in [3.8, 4) is 0 Å². The summed E-state index contributed by atoms with van der Waals surface area (Å²) in [6, 6.07) is 6.35. The second-order valence-electron chi connectivity index (χ2n) is 4.65. The lowest BCUT2D eigenvalue weighted by Gasteiger charge is -2.34. The van der Waals surface area contributed by atoms with Crippen molar-refractivity contribution in [2.45, 2.75) is 23.1 Å². The molecular formula is C14H16ClNO4S. The number of carbonyl (C=O) groups excluding carboxylic acids is 1. The molecule has 0 spiro atoms. The van der Waals surface area contributed by atoms with Crippen LogP contribution in [0.5, 0.6) is 0 Å². The van der Waals surface area contributed by atoms with E-state index < -0.39 is 17.3 Å². The van der Waals surface area contributed by atoms with Crippen LogP contribution < -0.4 is 0 Å². The van der Waals surface area contributed by atoms with E-state index in [0.29, 0.717) is 18.2 Å². The number of ether oxygens (including phenoxy) is 1. The molecule has 1 fully saturated rings. The molecule has 0 bridgehead atoms. The van der Waals surface area contributed by atoms with Gasteiger partial charge in [0.15, 0.2) is 6.04 Å². The topological polar surface area (TPSA) is 66.8 Å². The number of rotatable bonds is 4. The number of thioether (sulfide) groups is 1. The summed E-state index contributed by atoms with van der Waals surface area (Å²) in [5.41, 5.74) is 0. The highest BCUT2D eigenvalue weighted by Crippen LogP contribution is 2.31. The largest absolute Gasteiger partial charge is 0.480 e. The van der Waals surface area contributed by atoms with Gasteiger partial charge in [0, 0.05) is 11.4 Å². The first-order chi connectivity index (χ1) is 10.0. The summed E-state index contributed by atoms with van der Waals surface area (Å²) in [4.78, 5) is 25.9. The standard InChI is InChI=1S/C14H16ClNO4S/c1-9(21-12-5-3-2-4-10(12)15)13(17)16-6-7-20-8-11(16)14(18)19/h2-5,9,11H,6-8H2,1H3,(H,18,19). The Bertz CT molecular complexity index is 539. The monoisotopic (exact) mass is 329 g/mol. The number of halogens is 1. The average molecular weight is 330 g/mol. The predicted molar refractivity (Wildman–Crippen MR) is 80.7 cm³/mol. The number of carbonyl (C=O) groups is 2. The summed E-state index contributed by atoms with van der Waals surface area (Å²) in [6.45, 7) is 2.44. The highest BCUT2D eigenvalue weighted by Gasteiger charge is 2.35. The number of carboxylic acids is 1. The Kier molecular flexibility index (Phi) is 5.50. The molecule has 2 rings (SSSR count). The fraction of sp³-hybridized carbons (Fsp3) is 0.429. The first-order valence-corrected chi connectivity index (χ1v) is 7.78. The first-order valence-electron chi connectivity index (χ1n) is 6.53. The van der Waals surface area contributed by atoms with Crippen LogP contribution in [0, 0.1) is 0 Å². The molecule has 0 radical (unpaired) electrons. The maximum Gasteiger partial charge on any atom is 0.328 e. The van der Waals surface area contributed by atoms with Crippen LogP contribution in [-0.2, 0) is 14.3 Å². The highest BCUT2D eigenvalue weighted by atomic mass is 35.5. The van der Waals surface area contributed by atoms with Crippen molar-refractivity contribution in [3.63, 3.8) is 0 Å². The second-order valence-corrected chi connectivity index (χ2v) is 6.44. The molecule has 2 unspecified atom stereocenters. The van der Waals surface area contributed by atoms with Gasteiger partial charge in [-0.15, -0.1) is 11.8 Å². The van der Waals surface area contributed by atoms with Gasteiger partial charge in [0.2, 0.25) is 5.91 Å². The number of aliphatic carboxylic acids is 1. The molecule has 1 saturated heterocycles. The van der Waals surface area contributed by atoms with Gasteiger partial charge >= 0.3 is 5.97 Å². The zero-order chi connectivity index (χ0) is 15.4. The first kappa shape index (κ1) is 16.1. The van der Waals surface area contributed by atoms with Crippen molar-refractivity contribution in [2.24, 2.45) is 0 Å². The molecule has 2 atom stereocenters. The Morgan fingerprint density at radius 1 is 1.48 bits per heavy atom. The Labute approximate surface area is 132 Å². The van der Waals surface area contributed by atoms with Crippen LogP contribution in [0.25, 0.3) is 0 Å². The number of nitrogens with zero attached hydrogens (tertiary/aromatic N) is 1. The third-order valence-electron chi connectivity index (χ3n) is 3.18. The minimum absolute atomic E-state index is 0.0323. The van der Waals surface area contributed by atoms with Gasteiger partial charge in [-0.2, -0.15) is 0 Å². The van der Waals surface area contributed by atoms with E-state index in [-0.39, 0.29) is 12.5 Å². The van der Waals surface area contributed by atoms with Crippen LogP contribution in [0.15, 0.2) is 29.2 Å². The average Bonchev–Trinajstić information content (AvgIpc) is 2.48. The Balaban J connectivity index is 2.07. The van der Waals surface area contributed by atoms with E-state index in [1.807, 2.05) is 18.2 Å². The molecule has 7 heteroatoms. The maximum atomic E-state index is 12.5. The van der Waals surface area contributed by atoms with Crippen LogP contribution in [0.3, 0.4) is 0 Å². The van der Waals surface area contributed by atoms with Crippen molar-refractivity contribution >= 4 is 35.2 Å². The SMILES string of the molecule is CC(Sc1ccccc1Cl)C(=O)N1CCOCC1C(=O)O. The summed E-state index contributed by atoms with van der Waals surface area (Å²) in [5, 5.41) is 9.34. The minimum atomic E-state index is -1.04. The van der Waals surface area contributed by atoms with E-state index in [2.05, 4.69) is 0 Å². The number of hydrogen-bond acceptors (Lipinski definition) is 4. The van der Waals surface area contributed by atoms with Crippen LogP contribution in [0.4, 0.5) is 0 Å². The lowest BCUT2D eigenvalue weighted by Crippen LogP contribution is -2.54. The van der Waals surface area contributed by atoms with E-state index in [4.69, 9.17) is 16.3 Å². The molecule has 1 heterocycles. The molecule has 21 heavy (non-hydrogen) atoms. The van der Waals surface area contributed by atoms with Gasteiger partial charge in [-0.3, -0.25) is 4.79 Å². The van der Waals surface area contributed by atoms with Crippen LogP contribution >= 0.6 is 23.4 Å². The van der Waals surface area contributed by atoms with E-state index in [0.717, 1.165) is 4.90 Å². The smallest absolute Gasteiger partial charge is 0.328 e. The molecule has 5 nitrogen and oxygen atoms in total. The summed E-state index contributed by atoms with van der Waals surface area (Å²) < 4.78 is 5.14. The number of benzene rings is 1. The third kappa shape index (κ3) is 3.90. The zero-order valence-corrected chi connectivity index (χ0v) is 13.1. The second kappa shape index (κ2) is 7.15. The number of carboxylic acid groups (broad SMARTS) is 1. The molecule has 114 valence electrons. The van der Waals surface area contributed by atoms with E-state index in [9.17, 15) is 14.7 Å². The molecule has 1 aromatic carbocycles. The van der Waals surface area contributed by atoms with E-state index >= 15 is 0 Å². The fourth-order valence-corrected chi connectivity index (χ4v) is 3.31. The van der Waals surface area contributed by atoms with Gasteiger partial charge in [0.05, 0.1) is 23.5 Å². The maximum absolute atomic E-state index is 12.5. The van der Waals surface area contributed by atoms with Gasteiger partial charge in [0.1, 0.15) is 0 Å². The van der Waals surface area contributed by atoms with Crippen molar-refractivity contribution in [1.82, 2.24) is 4.90 Å². The summed E-state index contributed by atoms with van der Waals surface area (Å²) in [7, 11) is 0. The fourth-order valence-electron chi connectivity index (χ4n) is 2.09. The lowest BCUT2D eigenvalue weighted by atomic mass is 10.2. The van der Waals surface area contributed by atoms with Crippen molar-refractivity contribution < 1.29 is 19.4 Å². The van der Waals surface area contributed by atoms with Gasteiger partial charge < -0.3 is 14.7 Å². The quantitative estimate of drug-likeness (QED) is 0.857. The molecule has 1 aliphatic rings. The van der Waals surface area contributed by atoms with Gasteiger partial charge in [-0.25, -0.2) is 4.79 Å². The molecular weight excluding hydrogens is 314 g/mol. The van der Waals surface area contributed by atoms with Crippen molar-refractivity contribution in [1.29, 1.82) is 0 Å². The summed E-state index contributed by atoms with van der Waals surface area (Å²) >= 11 is 7.41. The van der Waals surface area contributed by atoms with Crippen LogP contribution in [-0.4, -0.2) is 52.9 Å². The Hall–Kier alpha value is -1.24. The Morgan fingerprint density at radius 3 is 2.86 bits per heavy atom. The van der Waals surface area contributed by atoms with E-state index in [1.165, 1.54) is 16.7 Å². The van der Waals surface area contributed by atoms with Crippen LogP contribution in [0.2, 0.25) is 5.02 Å². The molecule has 1 aliphatic heterocycles. The van der Waals surface area contributed by atoms with Crippen LogP contribution in [0.1, 0.15) is 6.92 Å². The third-order valence-corrected chi connectivity index (χ3v) is 4.79. The molecule has 1 amide bonds. The molecule has 0 aromatic heterocycles. The highest BCUT2D eigenvalue weighted by molar-refractivity contribution is 8.00. The van der Waals surface area contributed by atoms with Gasteiger partial charge in [-0.1, -0.05) is 23.7 Å². The summed E-state index contributed by atoms with van der Waals surface area (Å²) in [6.07, 6.45) is 0. The number of amides is 1. The van der Waals surface area contributed by atoms with Gasteiger partial charge in [0.25, 0.3) is 0 Å². The van der Waals surface area contributed by atoms with Crippen molar-refractivity contribution in [3.05, 3.63) is 29.3 Å². The van der Waals surface area contributed by atoms with E-state index in [1.54, 1.807) is 13.0 Å². The van der Waals surface area contributed by atoms with Crippen molar-refractivity contribution in [2.75, 3.05) is 19.8 Å². The molecule has 1 N–H and O–H groups in total. The molecule has 1 aromatic rings. The zero-order valence-electron chi connectivity index (χ0n) is 11.5. The number of hydrogen-bond donors (Lipinski definition) is 1. The Morgan fingerprint density at radius 2 is 2.19 bits per heavy atom. The molecule has 0 saturated carbocycles. The van der Waals surface area contributed by atoms with Gasteiger partial charge in [-0.05, 0) is 19.1 Å². The predicted octanol–water partition coefficient (Wildman–Crippen LogP) is 2.13. The molecule has 0 aliphatic carbocycles. The number of morpholine rings is 1.